The highest BCUT2D eigenvalue weighted by Gasteiger charge is 2.19. The van der Waals surface area contributed by atoms with Crippen LogP contribution >= 0.6 is 0 Å². The Morgan fingerprint density at radius 3 is 2.55 bits per heavy atom. The minimum Gasteiger partial charge on any atom is -0.462 e. The zero-order valence-corrected chi connectivity index (χ0v) is 12.7. The molecule has 0 aliphatic heterocycles. The fourth-order valence-corrected chi connectivity index (χ4v) is 1.80. The minimum atomic E-state index is -0.900. The van der Waals surface area contributed by atoms with E-state index in [4.69, 9.17) is 9.47 Å². The van der Waals surface area contributed by atoms with Crippen LogP contribution < -0.4 is 5.32 Å². The number of nitrogens with one attached hydrogen (secondary N) is 1. The van der Waals surface area contributed by atoms with E-state index in [0.29, 0.717) is 12.4 Å². The molecule has 0 fully saturated rings. The van der Waals surface area contributed by atoms with Crippen molar-refractivity contribution in [1.82, 2.24) is 10.2 Å². The number of esters is 1. The van der Waals surface area contributed by atoms with Gasteiger partial charge in [-0.15, -0.1) is 10.2 Å². The maximum Gasteiger partial charge on any atom is 0.356 e. The molecule has 0 saturated heterocycles. The van der Waals surface area contributed by atoms with Crippen LogP contribution in [-0.4, -0.2) is 36.1 Å². The summed E-state index contributed by atoms with van der Waals surface area (Å²) >= 11 is 0. The van der Waals surface area contributed by atoms with Gasteiger partial charge in [0.2, 0.25) is 6.23 Å². The molecule has 1 aromatic heterocycles. The molecule has 116 valence electrons. The minimum absolute atomic E-state index is 0.360. The number of methoxy groups -OCH3 is 1. The van der Waals surface area contributed by atoms with Crippen molar-refractivity contribution in [2.75, 3.05) is 19.0 Å². The van der Waals surface area contributed by atoms with Gasteiger partial charge in [-0.1, -0.05) is 37.3 Å². The van der Waals surface area contributed by atoms with Crippen molar-refractivity contribution >= 4 is 11.8 Å². The highest BCUT2D eigenvalue weighted by atomic mass is 16.6. The molecule has 1 atom stereocenters. The standard InChI is InChI=1S/C16H19N3O3/c1-3-11-22-16(20)15(21-2)17-14-10-9-13(18-19-14)12-7-5-4-6-8-12/h4-10,15H,3,11H2,1-2H3,(H,17,19). The average molecular weight is 301 g/mol. The number of nitrogens with zero attached hydrogens (tertiary/aromatic N) is 2. The Kier molecular flexibility index (Phi) is 5.85. The lowest BCUT2D eigenvalue weighted by atomic mass is 10.1. The van der Waals surface area contributed by atoms with Crippen molar-refractivity contribution in [2.24, 2.45) is 0 Å². The van der Waals surface area contributed by atoms with Crippen molar-refractivity contribution in [3.05, 3.63) is 42.5 Å². The number of carbonyl (C=O) groups is 1. The Balaban J connectivity index is 2.02. The van der Waals surface area contributed by atoms with Crippen LogP contribution in [0.3, 0.4) is 0 Å². The first-order valence-electron chi connectivity index (χ1n) is 7.09. The zero-order chi connectivity index (χ0) is 15.8. The largest absolute Gasteiger partial charge is 0.462 e. The quantitative estimate of drug-likeness (QED) is 0.625. The van der Waals surface area contributed by atoms with Gasteiger partial charge in [-0.25, -0.2) is 4.79 Å². The lowest BCUT2D eigenvalue weighted by Crippen LogP contribution is -2.33. The van der Waals surface area contributed by atoms with Gasteiger partial charge in [0.1, 0.15) is 0 Å². The molecule has 1 N–H and O–H groups in total. The van der Waals surface area contributed by atoms with Crippen LogP contribution in [0.5, 0.6) is 0 Å². The fraction of sp³-hybridized carbons (Fsp3) is 0.312. The number of hydrogen-bond donors (Lipinski definition) is 1. The van der Waals surface area contributed by atoms with E-state index in [9.17, 15) is 4.79 Å². The topological polar surface area (TPSA) is 73.3 Å². The molecule has 0 radical (unpaired) electrons. The fourth-order valence-electron chi connectivity index (χ4n) is 1.80. The second kappa shape index (κ2) is 8.09. The summed E-state index contributed by atoms with van der Waals surface area (Å²) in [6.07, 6.45) is -0.142. The molecular weight excluding hydrogens is 282 g/mol. The monoisotopic (exact) mass is 301 g/mol. The van der Waals surface area contributed by atoms with Gasteiger partial charge in [0, 0.05) is 12.7 Å². The van der Waals surface area contributed by atoms with E-state index in [-0.39, 0.29) is 0 Å². The Bertz CT molecular complexity index is 587. The van der Waals surface area contributed by atoms with E-state index in [0.717, 1.165) is 17.7 Å². The molecule has 6 nitrogen and oxygen atoms in total. The van der Waals surface area contributed by atoms with Crippen LogP contribution in [0.4, 0.5) is 5.82 Å². The molecular formula is C16H19N3O3. The predicted octanol–water partition coefficient (Wildman–Crippen LogP) is 2.48. The second-order valence-electron chi connectivity index (χ2n) is 4.60. The van der Waals surface area contributed by atoms with Gasteiger partial charge in [0.05, 0.1) is 12.3 Å². The maximum absolute atomic E-state index is 11.8. The maximum atomic E-state index is 11.8. The summed E-state index contributed by atoms with van der Waals surface area (Å²) in [6.45, 7) is 2.29. The molecule has 1 unspecified atom stereocenters. The van der Waals surface area contributed by atoms with Gasteiger partial charge in [-0.3, -0.25) is 0 Å². The molecule has 0 amide bonds. The molecule has 6 heteroatoms. The third kappa shape index (κ3) is 4.26. The first-order chi connectivity index (χ1) is 10.7. The number of carbonyl (C=O) groups excluding carboxylic acids is 1. The molecule has 2 rings (SSSR count). The van der Waals surface area contributed by atoms with E-state index in [1.54, 1.807) is 6.07 Å². The molecule has 0 aliphatic rings. The third-order valence-corrected chi connectivity index (χ3v) is 2.91. The van der Waals surface area contributed by atoms with Gasteiger partial charge >= 0.3 is 5.97 Å². The van der Waals surface area contributed by atoms with Gasteiger partial charge in [-0.2, -0.15) is 0 Å². The van der Waals surface area contributed by atoms with Crippen molar-refractivity contribution in [3.63, 3.8) is 0 Å². The van der Waals surface area contributed by atoms with Crippen LogP contribution in [0.15, 0.2) is 42.5 Å². The Hall–Kier alpha value is -2.47. The van der Waals surface area contributed by atoms with Crippen LogP contribution in [0.2, 0.25) is 0 Å². The summed E-state index contributed by atoms with van der Waals surface area (Å²) in [7, 11) is 1.43. The highest BCUT2D eigenvalue weighted by molar-refractivity contribution is 5.77. The van der Waals surface area contributed by atoms with E-state index in [1.807, 2.05) is 43.3 Å². The molecule has 0 saturated carbocycles. The lowest BCUT2D eigenvalue weighted by molar-refractivity contribution is -0.153. The number of benzene rings is 1. The van der Waals surface area contributed by atoms with Crippen molar-refractivity contribution in [3.8, 4) is 11.3 Å². The summed E-state index contributed by atoms with van der Waals surface area (Å²) in [6, 6.07) is 13.3. The number of rotatable bonds is 7. The van der Waals surface area contributed by atoms with Crippen LogP contribution in [0.25, 0.3) is 11.3 Å². The molecule has 0 bridgehead atoms. The van der Waals surface area contributed by atoms with Crippen LogP contribution in [0, 0.1) is 0 Å². The Labute approximate surface area is 129 Å². The van der Waals surface area contributed by atoms with Crippen molar-refractivity contribution < 1.29 is 14.3 Å². The van der Waals surface area contributed by atoms with Gasteiger partial charge < -0.3 is 14.8 Å². The van der Waals surface area contributed by atoms with E-state index >= 15 is 0 Å². The van der Waals surface area contributed by atoms with E-state index in [2.05, 4.69) is 15.5 Å². The molecule has 2 aromatic rings. The summed E-state index contributed by atoms with van der Waals surface area (Å²) in [5.74, 6) is -0.0294. The molecule has 0 spiro atoms. The summed E-state index contributed by atoms with van der Waals surface area (Å²) in [4.78, 5) is 11.8. The van der Waals surface area contributed by atoms with E-state index < -0.39 is 12.2 Å². The highest BCUT2D eigenvalue weighted by Crippen LogP contribution is 2.16. The third-order valence-electron chi connectivity index (χ3n) is 2.91. The Morgan fingerprint density at radius 2 is 1.95 bits per heavy atom. The van der Waals surface area contributed by atoms with Gasteiger partial charge in [-0.05, 0) is 18.6 Å². The molecule has 1 heterocycles. The number of hydrogen-bond acceptors (Lipinski definition) is 6. The first kappa shape index (κ1) is 15.9. The predicted molar refractivity (Wildman–Crippen MR) is 83.1 cm³/mol. The number of anilines is 1. The molecule has 1 aromatic carbocycles. The van der Waals surface area contributed by atoms with Gasteiger partial charge in [0.25, 0.3) is 0 Å². The molecule has 22 heavy (non-hydrogen) atoms. The summed E-state index contributed by atoms with van der Waals surface area (Å²) in [5, 5.41) is 11.0. The number of aromatic nitrogens is 2. The first-order valence-corrected chi connectivity index (χ1v) is 7.09. The second-order valence-corrected chi connectivity index (χ2v) is 4.60. The Morgan fingerprint density at radius 1 is 1.18 bits per heavy atom. The van der Waals surface area contributed by atoms with Crippen LogP contribution in [-0.2, 0) is 14.3 Å². The average Bonchev–Trinajstić information content (AvgIpc) is 2.59. The van der Waals surface area contributed by atoms with E-state index in [1.165, 1.54) is 7.11 Å². The summed E-state index contributed by atoms with van der Waals surface area (Å²) < 4.78 is 10.1. The van der Waals surface area contributed by atoms with Gasteiger partial charge in [0.15, 0.2) is 5.82 Å². The lowest BCUT2D eigenvalue weighted by Gasteiger charge is -2.16. The van der Waals surface area contributed by atoms with Crippen LogP contribution in [0.1, 0.15) is 13.3 Å². The normalized spacial score (nSPS) is 11.7. The summed E-state index contributed by atoms with van der Waals surface area (Å²) in [5.41, 5.74) is 1.74. The van der Waals surface area contributed by atoms with Crippen molar-refractivity contribution in [1.29, 1.82) is 0 Å². The van der Waals surface area contributed by atoms with Crippen molar-refractivity contribution in [2.45, 2.75) is 19.6 Å². The zero-order valence-electron chi connectivity index (χ0n) is 12.7. The SMILES string of the molecule is CCCOC(=O)C(Nc1ccc(-c2ccccc2)nn1)OC. The number of ether oxygens (including phenoxy) is 2. The molecule has 0 aliphatic carbocycles. The smallest absolute Gasteiger partial charge is 0.356 e.